The quantitative estimate of drug-likeness (QED) is 0.133. The van der Waals surface area contributed by atoms with E-state index < -0.39 is 60.3 Å². The largest absolute Gasteiger partial charge is 0.392 e. The summed E-state index contributed by atoms with van der Waals surface area (Å²) in [6.07, 6.45) is -0.443. The van der Waals surface area contributed by atoms with Crippen molar-refractivity contribution >= 4 is 35.3 Å². The number of Topliss-reactive ketones (excluding diaryl/α,β-unsaturated/α-hetero) is 1. The van der Waals surface area contributed by atoms with E-state index in [-0.39, 0.29) is 50.5 Å². The van der Waals surface area contributed by atoms with Gasteiger partial charge in [0.15, 0.2) is 0 Å². The van der Waals surface area contributed by atoms with E-state index in [1.165, 1.54) is 6.92 Å². The van der Waals surface area contributed by atoms with Gasteiger partial charge in [-0.3, -0.25) is 28.8 Å². The van der Waals surface area contributed by atoms with Crippen LogP contribution < -0.4 is 32.3 Å². The Labute approximate surface area is 198 Å². The number of rotatable bonds is 14. The molecule has 1 saturated heterocycles. The molecule has 1 heterocycles. The maximum atomic E-state index is 12.9. The first-order valence-electron chi connectivity index (χ1n) is 11.2. The molecule has 0 spiro atoms. The summed E-state index contributed by atoms with van der Waals surface area (Å²) >= 11 is 0. The SMILES string of the molecule is CC(=O)CNC(=O)[C@H](CC(C)C)NC(=O)[C@@H](CCC(N)=O)NC(=O)CNC(=O)[C@@H]1C[C@@H](O)CN1. The first kappa shape index (κ1) is 29.0. The van der Waals surface area contributed by atoms with Crippen LogP contribution in [0, 0.1) is 5.92 Å². The fourth-order valence-electron chi connectivity index (χ4n) is 3.32. The Bertz CT molecular complexity index is 773. The number of aliphatic hydroxyl groups is 1. The van der Waals surface area contributed by atoms with Crippen molar-refractivity contribution in [2.45, 2.75) is 70.7 Å². The number of ketones is 1. The van der Waals surface area contributed by atoms with E-state index >= 15 is 0 Å². The molecule has 1 rings (SSSR count). The van der Waals surface area contributed by atoms with Crippen LogP contribution >= 0.6 is 0 Å². The normalized spacial score (nSPS) is 19.1. The molecule has 4 atom stereocenters. The second kappa shape index (κ2) is 14.3. The summed E-state index contributed by atoms with van der Waals surface area (Å²) in [7, 11) is 0. The molecule has 192 valence electrons. The molecule has 0 bridgehead atoms. The van der Waals surface area contributed by atoms with Gasteiger partial charge in [-0.15, -0.1) is 0 Å². The fourth-order valence-corrected chi connectivity index (χ4v) is 3.32. The van der Waals surface area contributed by atoms with Crippen molar-refractivity contribution in [3.8, 4) is 0 Å². The Kier molecular flexibility index (Phi) is 12.1. The Morgan fingerprint density at radius 3 is 2.21 bits per heavy atom. The average molecular weight is 485 g/mol. The zero-order valence-corrected chi connectivity index (χ0v) is 19.8. The van der Waals surface area contributed by atoms with Crippen molar-refractivity contribution in [1.29, 1.82) is 0 Å². The summed E-state index contributed by atoms with van der Waals surface area (Å²) < 4.78 is 0. The molecule has 8 N–H and O–H groups in total. The molecule has 13 nitrogen and oxygen atoms in total. The highest BCUT2D eigenvalue weighted by Gasteiger charge is 2.30. The lowest BCUT2D eigenvalue weighted by Gasteiger charge is -2.24. The number of primary amides is 1. The molecule has 0 unspecified atom stereocenters. The van der Waals surface area contributed by atoms with Gasteiger partial charge in [0.05, 0.1) is 25.2 Å². The van der Waals surface area contributed by atoms with E-state index in [2.05, 4.69) is 26.6 Å². The highest BCUT2D eigenvalue weighted by Crippen LogP contribution is 2.08. The molecule has 0 aromatic rings. The Morgan fingerprint density at radius 2 is 1.68 bits per heavy atom. The highest BCUT2D eigenvalue weighted by atomic mass is 16.3. The summed E-state index contributed by atoms with van der Waals surface area (Å²) in [4.78, 5) is 72.1. The highest BCUT2D eigenvalue weighted by molar-refractivity contribution is 5.94. The minimum absolute atomic E-state index is 0.0324. The monoisotopic (exact) mass is 484 g/mol. The first-order chi connectivity index (χ1) is 15.9. The number of amides is 5. The molecule has 1 aliphatic rings. The molecule has 0 aliphatic carbocycles. The molecule has 0 saturated carbocycles. The van der Waals surface area contributed by atoms with Crippen LogP contribution in [0.15, 0.2) is 0 Å². The van der Waals surface area contributed by atoms with Gasteiger partial charge in [0.2, 0.25) is 29.5 Å². The lowest BCUT2D eigenvalue weighted by atomic mass is 10.0. The van der Waals surface area contributed by atoms with Crippen LogP contribution in [0.2, 0.25) is 0 Å². The van der Waals surface area contributed by atoms with Crippen molar-refractivity contribution in [3.05, 3.63) is 0 Å². The fraction of sp³-hybridized carbons (Fsp3) is 0.714. The molecule has 0 aromatic heterocycles. The van der Waals surface area contributed by atoms with Crippen LogP contribution in [-0.4, -0.2) is 84.3 Å². The minimum Gasteiger partial charge on any atom is -0.392 e. The minimum atomic E-state index is -1.18. The second-order valence-electron chi connectivity index (χ2n) is 8.80. The van der Waals surface area contributed by atoms with E-state index in [4.69, 9.17) is 5.73 Å². The van der Waals surface area contributed by atoms with Crippen molar-refractivity contribution in [3.63, 3.8) is 0 Å². The zero-order chi connectivity index (χ0) is 25.8. The molecular weight excluding hydrogens is 448 g/mol. The average Bonchev–Trinajstić information content (AvgIpc) is 3.18. The molecule has 13 heteroatoms. The van der Waals surface area contributed by atoms with Crippen LogP contribution in [0.5, 0.6) is 0 Å². The van der Waals surface area contributed by atoms with E-state index in [0.717, 1.165) is 0 Å². The number of nitrogens with one attached hydrogen (secondary N) is 5. The van der Waals surface area contributed by atoms with Crippen LogP contribution in [0.4, 0.5) is 0 Å². The number of carbonyl (C=O) groups excluding carboxylic acids is 6. The lowest BCUT2D eigenvalue weighted by molar-refractivity contribution is -0.133. The summed E-state index contributed by atoms with van der Waals surface area (Å²) in [6, 6.07) is -2.76. The van der Waals surface area contributed by atoms with Crippen molar-refractivity contribution in [1.82, 2.24) is 26.6 Å². The second-order valence-corrected chi connectivity index (χ2v) is 8.80. The van der Waals surface area contributed by atoms with Crippen molar-refractivity contribution in [2.24, 2.45) is 11.7 Å². The summed E-state index contributed by atoms with van der Waals surface area (Å²) in [6.45, 7) is 4.68. The maximum Gasteiger partial charge on any atom is 0.243 e. The van der Waals surface area contributed by atoms with Gasteiger partial charge in [0, 0.05) is 13.0 Å². The molecule has 1 aliphatic heterocycles. The van der Waals surface area contributed by atoms with Crippen LogP contribution in [0.1, 0.15) is 46.5 Å². The standard InChI is InChI=1S/C21H36N6O7/c1-11(2)6-16(20(33)24-8-12(3)28)27-21(34)14(4-5-17(22)30)26-18(31)10-25-19(32)15-7-13(29)9-23-15/h11,13-16,23,29H,4-10H2,1-3H3,(H2,22,30)(H,24,33)(H,25,32)(H,26,31)(H,27,34)/t13-,14-,15+,16+/m1/s1. The van der Waals surface area contributed by atoms with Crippen LogP contribution in [0.25, 0.3) is 0 Å². The van der Waals surface area contributed by atoms with E-state index in [9.17, 15) is 33.9 Å². The molecule has 5 amide bonds. The van der Waals surface area contributed by atoms with Crippen molar-refractivity contribution in [2.75, 3.05) is 19.6 Å². The van der Waals surface area contributed by atoms with Crippen LogP contribution in [0.3, 0.4) is 0 Å². The number of hydrogen-bond donors (Lipinski definition) is 7. The third kappa shape index (κ3) is 11.2. The van der Waals surface area contributed by atoms with Crippen molar-refractivity contribution < 1.29 is 33.9 Å². The van der Waals surface area contributed by atoms with Gasteiger partial charge in [-0.25, -0.2) is 0 Å². The van der Waals surface area contributed by atoms with Gasteiger partial charge in [-0.2, -0.15) is 0 Å². The van der Waals surface area contributed by atoms with Crippen LogP contribution in [-0.2, 0) is 28.8 Å². The number of β-amino-alcohol motifs (C(OH)–C–C–N with tert-alkyl or cyclic N) is 1. The molecular formula is C21H36N6O7. The third-order valence-corrected chi connectivity index (χ3v) is 5.03. The number of carbonyl (C=O) groups is 6. The van der Waals surface area contributed by atoms with Gasteiger partial charge in [-0.05, 0) is 32.1 Å². The van der Waals surface area contributed by atoms with Gasteiger partial charge >= 0.3 is 0 Å². The van der Waals surface area contributed by atoms with Gasteiger partial charge in [0.1, 0.15) is 17.9 Å². The first-order valence-corrected chi connectivity index (χ1v) is 11.2. The van der Waals surface area contributed by atoms with E-state index in [0.29, 0.717) is 0 Å². The summed E-state index contributed by atoms with van der Waals surface area (Å²) in [5.41, 5.74) is 5.17. The summed E-state index contributed by atoms with van der Waals surface area (Å²) in [5.74, 6) is -3.30. The topological polar surface area (TPSA) is 209 Å². The van der Waals surface area contributed by atoms with Gasteiger partial charge < -0.3 is 37.4 Å². The summed E-state index contributed by atoms with van der Waals surface area (Å²) in [5, 5.41) is 22.2. The number of nitrogens with two attached hydrogens (primary N) is 1. The number of hydrogen-bond acceptors (Lipinski definition) is 8. The van der Waals surface area contributed by atoms with E-state index in [1.54, 1.807) is 0 Å². The van der Waals surface area contributed by atoms with Gasteiger partial charge in [0.25, 0.3) is 0 Å². The molecule has 1 fully saturated rings. The van der Waals surface area contributed by atoms with E-state index in [1.807, 2.05) is 13.8 Å². The Hall–Kier alpha value is -3.06. The maximum absolute atomic E-state index is 12.9. The Balaban J connectivity index is 2.76. The zero-order valence-electron chi connectivity index (χ0n) is 19.8. The predicted molar refractivity (Wildman–Crippen MR) is 121 cm³/mol. The lowest BCUT2D eigenvalue weighted by Crippen LogP contribution is -2.55. The number of aliphatic hydroxyl groups excluding tert-OH is 1. The molecule has 34 heavy (non-hydrogen) atoms. The smallest absolute Gasteiger partial charge is 0.243 e. The molecule has 0 radical (unpaired) electrons. The van der Waals surface area contributed by atoms with Gasteiger partial charge in [-0.1, -0.05) is 13.8 Å². The Morgan fingerprint density at radius 1 is 1.00 bits per heavy atom. The third-order valence-electron chi connectivity index (χ3n) is 5.03. The predicted octanol–water partition coefficient (Wildman–Crippen LogP) is -3.19. The molecule has 0 aromatic carbocycles.